The zero-order chi connectivity index (χ0) is 19.1. The van der Waals surface area contributed by atoms with Gasteiger partial charge >= 0.3 is 0 Å². The average molecular weight is 367 g/mol. The molecule has 2 N–H and O–H groups in total. The lowest BCUT2D eigenvalue weighted by Crippen LogP contribution is -2.36. The molecule has 0 aliphatic carbocycles. The van der Waals surface area contributed by atoms with Crippen molar-refractivity contribution in [3.8, 4) is 0 Å². The number of carbonyl (C=O) groups is 2. The van der Waals surface area contributed by atoms with Crippen molar-refractivity contribution in [1.29, 1.82) is 0 Å². The third-order valence-corrected chi connectivity index (χ3v) is 4.52. The fourth-order valence-corrected chi connectivity index (χ4v) is 3.14. The number of morpholine rings is 1. The molecule has 0 saturated carbocycles. The number of hydrogen-bond acceptors (Lipinski definition) is 4. The molecule has 0 aromatic heterocycles. The van der Waals surface area contributed by atoms with Crippen LogP contribution in [0, 0.1) is 0 Å². The second-order valence-electron chi connectivity index (χ2n) is 6.40. The lowest BCUT2D eigenvalue weighted by Gasteiger charge is -2.30. The van der Waals surface area contributed by atoms with E-state index in [0.717, 1.165) is 36.4 Å². The van der Waals surface area contributed by atoms with Gasteiger partial charge in [0.1, 0.15) is 6.42 Å². The van der Waals surface area contributed by atoms with Crippen molar-refractivity contribution < 1.29 is 14.3 Å². The van der Waals surface area contributed by atoms with Gasteiger partial charge in [-0.15, -0.1) is 0 Å². The summed E-state index contributed by atoms with van der Waals surface area (Å²) in [6, 6.07) is 15.3. The second-order valence-corrected chi connectivity index (χ2v) is 6.40. The Balaban J connectivity index is 1.61. The van der Waals surface area contributed by atoms with Crippen molar-refractivity contribution >= 4 is 28.9 Å². The number of para-hydroxylation sites is 3. The fraction of sp³-hybridized carbons (Fsp3) is 0.333. The van der Waals surface area contributed by atoms with E-state index in [4.69, 9.17) is 4.74 Å². The first-order valence-corrected chi connectivity index (χ1v) is 9.26. The van der Waals surface area contributed by atoms with Crippen molar-refractivity contribution in [2.24, 2.45) is 0 Å². The predicted molar refractivity (Wildman–Crippen MR) is 107 cm³/mol. The molecule has 3 rings (SSSR count). The number of rotatable bonds is 6. The van der Waals surface area contributed by atoms with E-state index in [1.165, 1.54) is 0 Å². The van der Waals surface area contributed by atoms with Crippen LogP contribution in [0.1, 0.15) is 18.9 Å². The smallest absolute Gasteiger partial charge is 0.233 e. The van der Waals surface area contributed by atoms with E-state index >= 15 is 0 Å². The Kier molecular flexibility index (Phi) is 6.44. The summed E-state index contributed by atoms with van der Waals surface area (Å²) in [5.74, 6) is -0.653. The molecule has 2 aromatic rings. The Morgan fingerprint density at radius 1 is 0.926 bits per heavy atom. The molecule has 2 amide bonds. The molecule has 1 saturated heterocycles. The molecular formula is C21H25N3O3. The zero-order valence-corrected chi connectivity index (χ0v) is 15.5. The van der Waals surface area contributed by atoms with Gasteiger partial charge in [0.25, 0.3) is 0 Å². The van der Waals surface area contributed by atoms with Gasteiger partial charge in [-0.3, -0.25) is 9.59 Å². The van der Waals surface area contributed by atoms with Gasteiger partial charge in [-0.25, -0.2) is 0 Å². The van der Waals surface area contributed by atoms with Gasteiger partial charge in [0.15, 0.2) is 0 Å². The Morgan fingerprint density at radius 3 is 2.22 bits per heavy atom. The molecule has 2 aromatic carbocycles. The summed E-state index contributed by atoms with van der Waals surface area (Å²) in [5, 5.41) is 5.70. The Labute approximate surface area is 159 Å². The summed E-state index contributed by atoms with van der Waals surface area (Å²) < 4.78 is 5.39. The second kappa shape index (κ2) is 9.19. The molecule has 1 aliphatic heterocycles. The minimum atomic E-state index is -0.331. The third-order valence-electron chi connectivity index (χ3n) is 4.52. The summed E-state index contributed by atoms with van der Waals surface area (Å²) in [6.07, 6.45) is 0.588. The summed E-state index contributed by atoms with van der Waals surface area (Å²) in [5.41, 5.74) is 3.47. The highest BCUT2D eigenvalue weighted by molar-refractivity contribution is 6.09. The molecule has 6 heteroatoms. The number of hydrogen-bond donors (Lipinski definition) is 2. The predicted octanol–water partition coefficient (Wildman–Crippen LogP) is 3.05. The molecule has 27 heavy (non-hydrogen) atoms. The van der Waals surface area contributed by atoms with Gasteiger partial charge in [0.2, 0.25) is 11.8 Å². The minimum absolute atomic E-state index is 0.227. The van der Waals surface area contributed by atoms with Crippen molar-refractivity contribution in [2.45, 2.75) is 19.8 Å². The van der Waals surface area contributed by atoms with Crippen LogP contribution in [-0.2, 0) is 20.7 Å². The maximum atomic E-state index is 12.4. The summed E-state index contributed by atoms with van der Waals surface area (Å²) >= 11 is 0. The van der Waals surface area contributed by atoms with E-state index in [0.29, 0.717) is 18.9 Å². The average Bonchev–Trinajstić information content (AvgIpc) is 2.69. The lowest BCUT2D eigenvalue weighted by molar-refractivity contribution is -0.123. The number of nitrogens with one attached hydrogen (secondary N) is 2. The molecule has 0 bridgehead atoms. The number of aryl methyl sites for hydroxylation is 1. The number of amides is 2. The molecule has 1 heterocycles. The molecule has 1 aliphatic rings. The van der Waals surface area contributed by atoms with Crippen LogP contribution in [-0.4, -0.2) is 38.1 Å². The van der Waals surface area contributed by atoms with Gasteiger partial charge in [-0.05, 0) is 30.2 Å². The summed E-state index contributed by atoms with van der Waals surface area (Å²) in [4.78, 5) is 26.8. The van der Waals surface area contributed by atoms with Crippen LogP contribution < -0.4 is 15.5 Å². The van der Waals surface area contributed by atoms with Crippen molar-refractivity contribution in [1.82, 2.24) is 0 Å². The quantitative estimate of drug-likeness (QED) is 0.770. The van der Waals surface area contributed by atoms with Gasteiger partial charge in [-0.2, -0.15) is 0 Å². The van der Waals surface area contributed by atoms with Crippen molar-refractivity contribution in [2.75, 3.05) is 41.8 Å². The summed E-state index contributed by atoms with van der Waals surface area (Å²) in [7, 11) is 0. The van der Waals surface area contributed by atoms with Crippen LogP contribution >= 0.6 is 0 Å². The highest BCUT2D eigenvalue weighted by atomic mass is 16.5. The van der Waals surface area contributed by atoms with Gasteiger partial charge in [0, 0.05) is 18.8 Å². The minimum Gasteiger partial charge on any atom is -0.378 e. The van der Waals surface area contributed by atoms with Crippen LogP contribution in [0.4, 0.5) is 17.1 Å². The van der Waals surface area contributed by atoms with E-state index in [2.05, 4.69) is 15.5 Å². The SMILES string of the molecule is CCc1ccccc1NC(=O)CC(=O)Nc1ccccc1N1CCOCC1. The van der Waals surface area contributed by atoms with E-state index in [1.807, 2.05) is 55.5 Å². The molecule has 0 unspecified atom stereocenters. The molecule has 6 nitrogen and oxygen atoms in total. The largest absolute Gasteiger partial charge is 0.378 e. The standard InChI is InChI=1S/C21H25N3O3/c1-2-16-7-3-4-8-17(16)22-20(25)15-21(26)23-18-9-5-6-10-19(18)24-11-13-27-14-12-24/h3-10H,2,11-15H2,1H3,(H,22,25)(H,23,26). The zero-order valence-electron chi connectivity index (χ0n) is 15.5. The van der Waals surface area contributed by atoms with Gasteiger partial charge in [-0.1, -0.05) is 37.3 Å². The molecular weight excluding hydrogens is 342 g/mol. The third kappa shape index (κ3) is 5.08. The molecule has 142 valence electrons. The monoisotopic (exact) mass is 367 g/mol. The topological polar surface area (TPSA) is 70.7 Å². The first-order chi connectivity index (χ1) is 13.2. The van der Waals surface area contributed by atoms with Gasteiger partial charge < -0.3 is 20.3 Å². The van der Waals surface area contributed by atoms with Crippen LogP contribution in [0.2, 0.25) is 0 Å². The lowest BCUT2D eigenvalue weighted by atomic mass is 10.1. The van der Waals surface area contributed by atoms with Crippen LogP contribution in [0.3, 0.4) is 0 Å². The highest BCUT2D eigenvalue weighted by Crippen LogP contribution is 2.26. The maximum Gasteiger partial charge on any atom is 0.233 e. The van der Waals surface area contributed by atoms with Gasteiger partial charge in [0.05, 0.1) is 24.6 Å². The Morgan fingerprint density at radius 2 is 1.52 bits per heavy atom. The first-order valence-electron chi connectivity index (χ1n) is 9.26. The Hall–Kier alpha value is -2.86. The fourth-order valence-electron chi connectivity index (χ4n) is 3.14. The number of ether oxygens (including phenoxy) is 1. The molecule has 1 fully saturated rings. The number of benzene rings is 2. The normalized spacial score (nSPS) is 13.9. The van der Waals surface area contributed by atoms with E-state index in [-0.39, 0.29) is 18.2 Å². The van der Waals surface area contributed by atoms with E-state index in [1.54, 1.807) is 0 Å². The van der Waals surface area contributed by atoms with Crippen LogP contribution in [0.5, 0.6) is 0 Å². The van der Waals surface area contributed by atoms with Crippen molar-refractivity contribution in [3.05, 3.63) is 54.1 Å². The highest BCUT2D eigenvalue weighted by Gasteiger charge is 2.17. The number of carbonyl (C=O) groups excluding carboxylic acids is 2. The Bertz CT molecular complexity index is 801. The van der Waals surface area contributed by atoms with Crippen molar-refractivity contribution in [3.63, 3.8) is 0 Å². The van der Waals surface area contributed by atoms with Crippen LogP contribution in [0.15, 0.2) is 48.5 Å². The van der Waals surface area contributed by atoms with E-state index in [9.17, 15) is 9.59 Å². The number of nitrogens with zero attached hydrogens (tertiary/aromatic N) is 1. The molecule has 0 spiro atoms. The maximum absolute atomic E-state index is 12.4. The number of anilines is 3. The van der Waals surface area contributed by atoms with Crippen LogP contribution in [0.25, 0.3) is 0 Å². The van der Waals surface area contributed by atoms with E-state index < -0.39 is 0 Å². The summed E-state index contributed by atoms with van der Waals surface area (Å²) in [6.45, 7) is 4.92. The first kappa shape index (κ1) is 18.9. The molecule has 0 radical (unpaired) electrons. The molecule has 0 atom stereocenters.